The largest absolute Gasteiger partial charge is 0.444 e. The molecular weight excluding hydrogens is 258 g/mol. The van der Waals surface area contributed by atoms with Crippen LogP contribution in [0.1, 0.15) is 46.5 Å². The lowest BCUT2D eigenvalue weighted by Crippen LogP contribution is -2.55. The summed E-state index contributed by atoms with van der Waals surface area (Å²) in [6, 6.07) is -0.0774. The van der Waals surface area contributed by atoms with Gasteiger partial charge in [-0.15, -0.1) is 0 Å². The van der Waals surface area contributed by atoms with E-state index in [9.17, 15) is 9.59 Å². The van der Waals surface area contributed by atoms with Gasteiger partial charge in [0.15, 0.2) is 0 Å². The fourth-order valence-corrected chi connectivity index (χ4v) is 2.53. The zero-order valence-electron chi connectivity index (χ0n) is 12.9. The highest BCUT2D eigenvalue weighted by Gasteiger charge is 2.32. The van der Waals surface area contributed by atoms with E-state index in [-0.39, 0.29) is 24.5 Å². The first-order valence-corrected chi connectivity index (χ1v) is 7.20. The van der Waals surface area contributed by atoms with Gasteiger partial charge in [-0.25, -0.2) is 4.79 Å². The van der Waals surface area contributed by atoms with Gasteiger partial charge in [0.25, 0.3) is 0 Å². The fourth-order valence-electron chi connectivity index (χ4n) is 2.53. The second-order valence-electron chi connectivity index (χ2n) is 6.31. The molecule has 0 heterocycles. The minimum absolute atomic E-state index is 0.00711. The van der Waals surface area contributed by atoms with Gasteiger partial charge in [-0.1, -0.05) is 12.8 Å². The van der Waals surface area contributed by atoms with Gasteiger partial charge in [-0.05, 0) is 33.6 Å². The standard InChI is InChI=1S/C14H27N3O3/c1-14(2,3)20-13(19)16-10-7-5-6-8-11(10)17(4)12(18)9-15/h10-11H,5-9,15H2,1-4H3,(H,16,19). The molecule has 3 N–H and O–H groups in total. The average molecular weight is 285 g/mol. The molecule has 6 heteroatoms. The SMILES string of the molecule is CN(C(=O)CN)C1CCCCC1NC(=O)OC(C)(C)C. The van der Waals surface area contributed by atoms with Crippen LogP contribution in [0.2, 0.25) is 0 Å². The van der Waals surface area contributed by atoms with Crippen molar-refractivity contribution in [1.82, 2.24) is 10.2 Å². The number of likely N-dealkylation sites (N-methyl/N-ethyl adjacent to an activating group) is 1. The third kappa shape index (κ3) is 5.00. The Hall–Kier alpha value is -1.30. The molecule has 2 atom stereocenters. The molecule has 0 aromatic rings. The molecule has 0 aromatic carbocycles. The minimum atomic E-state index is -0.521. The summed E-state index contributed by atoms with van der Waals surface area (Å²) in [7, 11) is 1.74. The van der Waals surface area contributed by atoms with Crippen molar-refractivity contribution in [3.63, 3.8) is 0 Å². The Morgan fingerprint density at radius 3 is 2.45 bits per heavy atom. The van der Waals surface area contributed by atoms with Crippen molar-refractivity contribution in [2.75, 3.05) is 13.6 Å². The molecule has 2 unspecified atom stereocenters. The van der Waals surface area contributed by atoms with Gasteiger partial charge < -0.3 is 20.7 Å². The van der Waals surface area contributed by atoms with Crippen molar-refractivity contribution in [3.8, 4) is 0 Å². The van der Waals surface area contributed by atoms with E-state index in [2.05, 4.69) is 5.32 Å². The van der Waals surface area contributed by atoms with E-state index in [1.54, 1.807) is 11.9 Å². The lowest BCUT2D eigenvalue weighted by atomic mass is 9.89. The number of hydrogen-bond acceptors (Lipinski definition) is 4. The first-order chi connectivity index (χ1) is 9.24. The second kappa shape index (κ2) is 6.92. The van der Waals surface area contributed by atoms with E-state index in [1.807, 2.05) is 20.8 Å². The van der Waals surface area contributed by atoms with E-state index in [1.165, 1.54) is 0 Å². The van der Waals surface area contributed by atoms with Crippen molar-refractivity contribution in [1.29, 1.82) is 0 Å². The molecule has 0 spiro atoms. The smallest absolute Gasteiger partial charge is 0.407 e. The molecule has 1 rings (SSSR count). The Morgan fingerprint density at radius 1 is 1.30 bits per heavy atom. The van der Waals surface area contributed by atoms with Crippen LogP contribution in [0.3, 0.4) is 0 Å². The zero-order chi connectivity index (χ0) is 15.3. The monoisotopic (exact) mass is 285 g/mol. The number of nitrogens with zero attached hydrogens (tertiary/aromatic N) is 1. The van der Waals surface area contributed by atoms with Gasteiger partial charge in [-0.2, -0.15) is 0 Å². The van der Waals surface area contributed by atoms with Crippen LogP contribution in [0.25, 0.3) is 0 Å². The zero-order valence-corrected chi connectivity index (χ0v) is 12.9. The van der Waals surface area contributed by atoms with Crippen LogP contribution in [0.15, 0.2) is 0 Å². The molecule has 0 aromatic heterocycles. The predicted octanol–water partition coefficient (Wildman–Crippen LogP) is 1.24. The molecule has 6 nitrogen and oxygen atoms in total. The molecule has 20 heavy (non-hydrogen) atoms. The molecule has 1 aliphatic carbocycles. The van der Waals surface area contributed by atoms with Crippen molar-refractivity contribution in [3.05, 3.63) is 0 Å². The van der Waals surface area contributed by atoms with Gasteiger partial charge in [-0.3, -0.25) is 4.79 Å². The highest BCUT2D eigenvalue weighted by Crippen LogP contribution is 2.23. The number of nitrogens with two attached hydrogens (primary N) is 1. The molecule has 1 aliphatic rings. The topological polar surface area (TPSA) is 84.7 Å². The van der Waals surface area contributed by atoms with E-state index >= 15 is 0 Å². The minimum Gasteiger partial charge on any atom is -0.444 e. The maximum absolute atomic E-state index is 11.9. The summed E-state index contributed by atoms with van der Waals surface area (Å²) >= 11 is 0. The number of nitrogens with one attached hydrogen (secondary N) is 1. The molecule has 2 amide bonds. The van der Waals surface area contributed by atoms with Crippen LogP contribution in [-0.2, 0) is 9.53 Å². The predicted molar refractivity (Wildman–Crippen MR) is 77.2 cm³/mol. The number of ether oxygens (including phenoxy) is 1. The Labute approximate surface area is 121 Å². The van der Waals surface area contributed by atoms with E-state index < -0.39 is 11.7 Å². The van der Waals surface area contributed by atoms with Crippen LogP contribution >= 0.6 is 0 Å². The molecule has 0 bridgehead atoms. The Balaban J connectivity index is 2.65. The van der Waals surface area contributed by atoms with Gasteiger partial charge in [0.1, 0.15) is 5.60 Å². The summed E-state index contributed by atoms with van der Waals surface area (Å²) in [5.41, 5.74) is 4.89. The summed E-state index contributed by atoms with van der Waals surface area (Å²) in [6.07, 6.45) is 3.40. The number of carbonyl (C=O) groups is 2. The number of amides is 2. The van der Waals surface area contributed by atoms with E-state index in [4.69, 9.17) is 10.5 Å². The van der Waals surface area contributed by atoms with Crippen LogP contribution in [-0.4, -0.2) is 48.2 Å². The Morgan fingerprint density at radius 2 is 1.90 bits per heavy atom. The molecular formula is C14H27N3O3. The van der Waals surface area contributed by atoms with Crippen LogP contribution < -0.4 is 11.1 Å². The van der Waals surface area contributed by atoms with Crippen molar-refractivity contribution < 1.29 is 14.3 Å². The summed E-state index contributed by atoms with van der Waals surface area (Å²) in [4.78, 5) is 25.3. The fraction of sp³-hybridized carbons (Fsp3) is 0.857. The maximum Gasteiger partial charge on any atom is 0.407 e. The maximum atomic E-state index is 11.9. The Bertz CT molecular complexity index is 352. The number of alkyl carbamates (subject to hydrolysis) is 1. The second-order valence-corrected chi connectivity index (χ2v) is 6.31. The van der Waals surface area contributed by atoms with E-state index in [0.717, 1.165) is 25.7 Å². The van der Waals surface area contributed by atoms with Gasteiger partial charge in [0.05, 0.1) is 18.6 Å². The number of carbonyl (C=O) groups excluding carboxylic acids is 2. The van der Waals surface area contributed by atoms with Gasteiger partial charge in [0.2, 0.25) is 5.91 Å². The molecule has 1 saturated carbocycles. The summed E-state index contributed by atoms with van der Waals surface area (Å²) < 4.78 is 5.28. The normalized spacial score (nSPS) is 23.1. The van der Waals surface area contributed by atoms with Gasteiger partial charge in [0, 0.05) is 7.05 Å². The highest BCUT2D eigenvalue weighted by molar-refractivity contribution is 5.78. The number of rotatable bonds is 3. The molecule has 1 fully saturated rings. The van der Waals surface area contributed by atoms with Gasteiger partial charge >= 0.3 is 6.09 Å². The average Bonchev–Trinajstić information content (AvgIpc) is 2.35. The van der Waals surface area contributed by atoms with Crippen LogP contribution in [0, 0.1) is 0 Å². The van der Waals surface area contributed by atoms with E-state index in [0.29, 0.717) is 0 Å². The van der Waals surface area contributed by atoms with Crippen LogP contribution in [0.4, 0.5) is 4.79 Å². The molecule has 0 radical (unpaired) electrons. The summed E-state index contributed by atoms with van der Waals surface area (Å²) in [5.74, 6) is -0.104. The third-order valence-corrected chi connectivity index (χ3v) is 3.50. The Kier molecular flexibility index (Phi) is 5.80. The van der Waals surface area contributed by atoms with Crippen molar-refractivity contribution >= 4 is 12.0 Å². The molecule has 116 valence electrons. The van der Waals surface area contributed by atoms with Crippen molar-refractivity contribution in [2.45, 2.75) is 64.1 Å². The quantitative estimate of drug-likeness (QED) is 0.817. The first-order valence-electron chi connectivity index (χ1n) is 7.20. The molecule has 0 saturated heterocycles. The highest BCUT2D eigenvalue weighted by atomic mass is 16.6. The lowest BCUT2D eigenvalue weighted by Gasteiger charge is -2.38. The summed E-state index contributed by atoms with van der Waals surface area (Å²) in [5, 5.41) is 2.89. The molecule has 0 aliphatic heterocycles. The number of hydrogen-bond donors (Lipinski definition) is 2. The lowest BCUT2D eigenvalue weighted by molar-refractivity contribution is -0.131. The van der Waals surface area contributed by atoms with Crippen molar-refractivity contribution in [2.24, 2.45) is 5.73 Å². The summed E-state index contributed by atoms with van der Waals surface area (Å²) in [6.45, 7) is 5.48. The van der Waals surface area contributed by atoms with Crippen LogP contribution in [0.5, 0.6) is 0 Å². The third-order valence-electron chi connectivity index (χ3n) is 3.50. The first kappa shape index (κ1) is 16.8.